The molecule has 1 aromatic heterocycles. The third-order valence-electron chi connectivity index (χ3n) is 4.89. The quantitative estimate of drug-likeness (QED) is 0.847. The fraction of sp³-hybridized carbons (Fsp3) is 0.667. The van der Waals surface area contributed by atoms with E-state index in [1.807, 2.05) is 16.0 Å². The molecule has 2 aliphatic heterocycles. The van der Waals surface area contributed by atoms with Crippen molar-refractivity contribution in [3.05, 3.63) is 23.3 Å². The van der Waals surface area contributed by atoms with E-state index in [1.54, 1.807) is 6.92 Å². The highest BCUT2D eigenvalue weighted by Gasteiger charge is 2.29. The minimum absolute atomic E-state index is 0.120. The van der Waals surface area contributed by atoms with Crippen LogP contribution in [0.2, 0.25) is 0 Å². The van der Waals surface area contributed by atoms with Crippen LogP contribution in [0.1, 0.15) is 56.6 Å². The van der Waals surface area contributed by atoms with Gasteiger partial charge in [0.25, 0.3) is 0 Å². The van der Waals surface area contributed by atoms with Gasteiger partial charge in [0.15, 0.2) is 0 Å². The lowest BCUT2D eigenvalue weighted by Crippen LogP contribution is -2.37. The van der Waals surface area contributed by atoms with Gasteiger partial charge in [-0.05, 0) is 12.3 Å². The van der Waals surface area contributed by atoms with E-state index in [2.05, 4.69) is 18.8 Å². The van der Waals surface area contributed by atoms with Gasteiger partial charge in [-0.3, -0.25) is 9.59 Å². The van der Waals surface area contributed by atoms with Crippen molar-refractivity contribution in [2.75, 3.05) is 19.6 Å². The third kappa shape index (κ3) is 3.57. The first-order valence-corrected chi connectivity index (χ1v) is 8.82. The maximum Gasteiger partial charge on any atom is 0.223 e. The van der Waals surface area contributed by atoms with Gasteiger partial charge in [0, 0.05) is 63.6 Å². The van der Waals surface area contributed by atoms with Crippen LogP contribution in [-0.4, -0.2) is 51.2 Å². The van der Waals surface area contributed by atoms with Gasteiger partial charge in [-0.15, -0.1) is 0 Å². The molecule has 0 aromatic carbocycles. The summed E-state index contributed by atoms with van der Waals surface area (Å²) < 4.78 is 0. The van der Waals surface area contributed by atoms with Gasteiger partial charge in [0.05, 0.1) is 5.69 Å². The molecular formula is C18H26N4O2. The molecular weight excluding hydrogens is 304 g/mol. The minimum atomic E-state index is 0.120. The van der Waals surface area contributed by atoms with Crippen LogP contribution >= 0.6 is 0 Å². The van der Waals surface area contributed by atoms with Crippen molar-refractivity contribution in [1.29, 1.82) is 0 Å². The maximum atomic E-state index is 12.2. The highest BCUT2D eigenvalue weighted by molar-refractivity contribution is 5.76. The van der Waals surface area contributed by atoms with Crippen molar-refractivity contribution in [3.63, 3.8) is 0 Å². The first-order valence-electron chi connectivity index (χ1n) is 8.82. The molecule has 1 atom stereocenters. The average molecular weight is 330 g/mol. The highest BCUT2D eigenvalue weighted by atomic mass is 16.2. The van der Waals surface area contributed by atoms with Gasteiger partial charge in [0.2, 0.25) is 11.8 Å². The number of amides is 2. The number of rotatable bonds is 3. The van der Waals surface area contributed by atoms with E-state index in [4.69, 9.17) is 4.98 Å². The summed E-state index contributed by atoms with van der Waals surface area (Å²) in [5.41, 5.74) is 2.12. The predicted octanol–water partition coefficient (Wildman–Crippen LogP) is 1.74. The Morgan fingerprint density at radius 1 is 1.29 bits per heavy atom. The molecule has 3 rings (SSSR count). The number of carbonyl (C=O) groups is 2. The van der Waals surface area contributed by atoms with Crippen LogP contribution in [0.25, 0.3) is 0 Å². The van der Waals surface area contributed by atoms with Crippen LogP contribution in [0.15, 0.2) is 6.20 Å². The Bertz CT molecular complexity index is 644. The lowest BCUT2D eigenvalue weighted by molar-refractivity contribution is -0.133. The van der Waals surface area contributed by atoms with Gasteiger partial charge in [-0.1, -0.05) is 13.8 Å². The monoisotopic (exact) mass is 330 g/mol. The molecule has 2 amide bonds. The van der Waals surface area contributed by atoms with Crippen LogP contribution in [0.3, 0.4) is 0 Å². The van der Waals surface area contributed by atoms with E-state index in [0.717, 1.165) is 43.0 Å². The van der Waals surface area contributed by atoms with Crippen molar-refractivity contribution in [3.8, 4) is 0 Å². The minimum Gasteiger partial charge on any atom is -0.342 e. The summed E-state index contributed by atoms with van der Waals surface area (Å²) in [4.78, 5) is 36.8. The molecule has 0 aliphatic carbocycles. The molecule has 0 unspecified atom stereocenters. The molecule has 0 radical (unpaired) electrons. The first-order chi connectivity index (χ1) is 11.4. The molecule has 1 aromatic rings. The largest absolute Gasteiger partial charge is 0.342 e. The maximum absolute atomic E-state index is 12.2. The van der Waals surface area contributed by atoms with Crippen molar-refractivity contribution >= 4 is 11.8 Å². The summed E-state index contributed by atoms with van der Waals surface area (Å²) in [5, 5.41) is 0. The molecule has 130 valence electrons. The zero-order valence-corrected chi connectivity index (χ0v) is 14.8. The number of carbonyl (C=O) groups excluding carboxylic acids is 2. The lowest BCUT2D eigenvalue weighted by atomic mass is 10.0. The number of nitrogens with zero attached hydrogens (tertiary/aromatic N) is 4. The topological polar surface area (TPSA) is 66.4 Å². The van der Waals surface area contributed by atoms with Gasteiger partial charge in [-0.25, -0.2) is 9.97 Å². The fourth-order valence-corrected chi connectivity index (χ4v) is 3.48. The van der Waals surface area contributed by atoms with Crippen molar-refractivity contribution in [2.24, 2.45) is 5.92 Å². The number of aromatic nitrogens is 2. The SMILES string of the molecule is CC(=O)N1CC[C@H](c2ncc3c(n2)CCN(C(=O)CC(C)C)C3)C1. The zero-order chi connectivity index (χ0) is 17.3. The van der Waals surface area contributed by atoms with Crippen LogP contribution in [0, 0.1) is 5.92 Å². The van der Waals surface area contributed by atoms with Gasteiger partial charge < -0.3 is 9.80 Å². The zero-order valence-electron chi connectivity index (χ0n) is 14.8. The summed E-state index contributed by atoms with van der Waals surface area (Å²) in [6, 6.07) is 0. The molecule has 0 bridgehead atoms. The van der Waals surface area contributed by atoms with E-state index in [9.17, 15) is 9.59 Å². The molecule has 0 N–H and O–H groups in total. The number of hydrogen-bond donors (Lipinski definition) is 0. The summed E-state index contributed by atoms with van der Waals surface area (Å²) in [5.74, 6) is 1.80. The van der Waals surface area contributed by atoms with Crippen LogP contribution < -0.4 is 0 Å². The smallest absolute Gasteiger partial charge is 0.223 e. The number of likely N-dealkylation sites (tertiary alicyclic amines) is 1. The molecule has 24 heavy (non-hydrogen) atoms. The molecule has 1 saturated heterocycles. The number of hydrogen-bond acceptors (Lipinski definition) is 4. The van der Waals surface area contributed by atoms with Crippen molar-refractivity contribution in [2.45, 2.75) is 52.5 Å². The molecule has 0 spiro atoms. The van der Waals surface area contributed by atoms with Crippen LogP contribution in [-0.2, 0) is 22.6 Å². The molecule has 3 heterocycles. The Kier molecular flexibility index (Phi) is 4.83. The summed E-state index contributed by atoms with van der Waals surface area (Å²) in [7, 11) is 0. The number of fused-ring (bicyclic) bond motifs is 1. The second-order valence-electron chi connectivity index (χ2n) is 7.31. The summed E-state index contributed by atoms with van der Waals surface area (Å²) >= 11 is 0. The van der Waals surface area contributed by atoms with Gasteiger partial charge in [0.1, 0.15) is 5.82 Å². The Hall–Kier alpha value is -1.98. The molecule has 0 saturated carbocycles. The van der Waals surface area contributed by atoms with Crippen LogP contribution in [0.4, 0.5) is 0 Å². The highest BCUT2D eigenvalue weighted by Crippen LogP contribution is 2.26. The van der Waals surface area contributed by atoms with Gasteiger partial charge in [-0.2, -0.15) is 0 Å². The van der Waals surface area contributed by atoms with Gasteiger partial charge >= 0.3 is 0 Å². The second kappa shape index (κ2) is 6.87. The Labute approximate surface area is 143 Å². The Balaban J connectivity index is 1.68. The average Bonchev–Trinajstić information content (AvgIpc) is 3.03. The van der Waals surface area contributed by atoms with E-state index in [-0.39, 0.29) is 17.7 Å². The van der Waals surface area contributed by atoms with E-state index in [0.29, 0.717) is 25.4 Å². The molecule has 6 heteroatoms. The third-order valence-corrected chi connectivity index (χ3v) is 4.89. The molecule has 2 aliphatic rings. The second-order valence-corrected chi connectivity index (χ2v) is 7.31. The predicted molar refractivity (Wildman–Crippen MR) is 90.2 cm³/mol. The Morgan fingerprint density at radius 3 is 2.75 bits per heavy atom. The fourth-order valence-electron chi connectivity index (χ4n) is 3.48. The standard InChI is InChI=1S/C18H26N4O2/c1-12(2)8-17(24)22-7-5-16-15(11-22)9-19-18(20-16)14-4-6-21(10-14)13(3)23/h9,12,14H,4-8,10-11H2,1-3H3/t14-/m0/s1. The lowest BCUT2D eigenvalue weighted by Gasteiger charge is -2.29. The first kappa shape index (κ1) is 16.9. The summed E-state index contributed by atoms with van der Waals surface area (Å²) in [6.07, 6.45) is 4.19. The van der Waals surface area contributed by atoms with E-state index < -0.39 is 0 Å². The molecule has 6 nitrogen and oxygen atoms in total. The van der Waals surface area contributed by atoms with E-state index in [1.165, 1.54) is 0 Å². The van der Waals surface area contributed by atoms with E-state index >= 15 is 0 Å². The normalized spacial score (nSPS) is 20.4. The van der Waals surface area contributed by atoms with Crippen LogP contribution in [0.5, 0.6) is 0 Å². The summed E-state index contributed by atoms with van der Waals surface area (Å²) in [6.45, 7) is 8.60. The Morgan fingerprint density at radius 2 is 2.08 bits per heavy atom. The molecule has 1 fully saturated rings. The van der Waals surface area contributed by atoms with Crippen molar-refractivity contribution in [1.82, 2.24) is 19.8 Å². The van der Waals surface area contributed by atoms with Crippen molar-refractivity contribution < 1.29 is 9.59 Å².